The van der Waals surface area contributed by atoms with E-state index in [9.17, 15) is 12.8 Å². The second-order valence-electron chi connectivity index (χ2n) is 7.05. The number of hydrogen-bond acceptors (Lipinski definition) is 5. The molecule has 9 heteroatoms. The van der Waals surface area contributed by atoms with Gasteiger partial charge in [-0.05, 0) is 61.7 Å². The summed E-state index contributed by atoms with van der Waals surface area (Å²) in [6.07, 6.45) is 1.17. The van der Waals surface area contributed by atoms with Crippen LogP contribution in [0.15, 0.2) is 51.9 Å². The van der Waals surface area contributed by atoms with Crippen molar-refractivity contribution in [1.29, 1.82) is 0 Å². The molecule has 0 spiro atoms. The molecule has 29 heavy (non-hydrogen) atoms. The molecular weight excluding hydrogens is 417 g/mol. The molecule has 0 unspecified atom stereocenters. The van der Waals surface area contributed by atoms with Crippen LogP contribution in [0, 0.1) is 12.7 Å². The largest absolute Gasteiger partial charge is 0.334 e. The smallest absolute Gasteiger partial charge is 0.257 e. The minimum atomic E-state index is -3.60. The zero-order valence-electron chi connectivity index (χ0n) is 15.7. The highest BCUT2D eigenvalue weighted by atomic mass is 35.5. The molecule has 1 fully saturated rings. The lowest BCUT2D eigenvalue weighted by Gasteiger charge is -2.29. The van der Waals surface area contributed by atoms with E-state index in [1.54, 1.807) is 24.3 Å². The molecule has 0 atom stereocenters. The number of aryl methyl sites for hydroxylation is 1. The zero-order valence-corrected chi connectivity index (χ0v) is 17.3. The Morgan fingerprint density at radius 3 is 2.48 bits per heavy atom. The summed E-state index contributed by atoms with van der Waals surface area (Å²) in [4.78, 5) is 4.61. The first kappa shape index (κ1) is 20.0. The van der Waals surface area contributed by atoms with Crippen LogP contribution in [0.2, 0.25) is 5.02 Å². The number of halogens is 2. The van der Waals surface area contributed by atoms with E-state index < -0.39 is 10.0 Å². The highest BCUT2D eigenvalue weighted by molar-refractivity contribution is 7.89. The van der Waals surface area contributed by atoms with Crippen molar-refractivity contribution in [3.63, 3.8) is 0 Å². The van der Waals surface area contributed by atoms with Crippen molar-refractivity contribution in [2.45, 2.75) is 30.6 Å². The molecule has 0 amide bonds. The van der Waals surface area contributed by atoms with Crippen LogP contribution in [0.1, 0.15) is 30.1 Å². The van der Waals surface area contributed by atoms with Gasteiger partial charge in [0.25, 0.3) is 5.89 Å². The molecule has 0 N–H and O–H groups in total. The standard InChI is InChI=1S/C20H19ClFN3O3S/c1-13-2-7-17(12-18(13)21)29(26,27)25-10-8-14(9-11-25)19-23-20(28-24-19)15-3-5-16(22)6-4-15/h2-7,12,14H,8-11H2,1H3. The molecule has 1 aliphatic rings. The molecule has 152 valence electrons. The summed E-state index contributed by atoms with van der Waals surface area (Å²) < 4.78 is 45.6. The summed E-state index contributed by atoms with van der Waals surface area (Å²) in [5, 5.41) is 4.47. The highest BCUT2D eigenvalue weighted by Crippen LogP contribution is 2.31. The third kappa shape index (κ3) is 4.05. The predicted octanol–water partition coefficient (Wildman–Crippen LogP) is 4.41. The Balaban J connectivity index is 1.45. The van der Waals surface area contributed by atoms with Crippen LogP contribution in [0.3, 0.4) is 0 Å². The van der Waals surface area contributed by atoms with Crippen LogP contribution in [-0.4, -0.2) is 36.0 Å². The number of hydrogen-bond donors (Lipinski definition) is 0. The van der Waals surface area contributed by atoms with Gasteiger partial charge in [0.15, 0.2) is 5.82 Å². The third-order valence-corrected chi connectivity index (χ3v) is 7.43. The molecule has 0 radical (unpaired) electrons. The molecule has 0 aliphatic carbocycles. The van der Waals surface area contributed by atoms with Gasteiger partial charge in [0.2, 0.25) is 10.0 Å². The van der Waals surface area contributed by atoms with Crippen molar-refractivity contribution in [2.24, 2.45) is 0 Å². The number of aromatic nitrogens is 2. The second kappa shape index (κ2) is 7.85. The maximum Gasteiger partial charge on any atom is 0.257 e. The lowest BCUT2D eigenvalue weighted by Crippen LogP contribution is -2.38. The summed E-state index contributed by atoms with van der Waals surface area (Å²) in [6, 6.07) is 10.6. The van der Waals surface area contributed by atoms with E-state index >= 15 is 0 Å². The summed E-state index contributed by atoms with van der Waals surface area (Å²) in [5.41, 5.74) is 1.47. The van der Waals surface area contributed by atoms with Crippen LogP contribution < -0.4 is 0 Å². The van der Waals surface area contributed by atoms with Gasteiger partial charge in [-0.2, -0.15) is 9.29 Å². The second-order valence-corrected chi connectivity index (χ2v) is 9.40. The maximum absolute atomic E-state index is 13.1. The zero-order chi connectivity index (χ0) is 20.6. The van der Waals surface area contributed by atoms with E-state index in [1.807, 2.05) is 6.92 Å². The summed E-state index contributed by atoms with van der Waals surface area (Å²) >= 11 is 6.09. The summed E-state index contributed by atoms with van der Waals surface area (Å²) in [6.45, 7) is 2.55. The van der Waals surface area contributed by atoms with Crippen molar-refractivity contribution in [2.75, 3.05) is 13.1 Å². The van der Waals surface area contributed by atoms with Crippen molar-refractivity contribution in [3.8, 4) is 11.5 Å². The minimum absolute atomic E-state index is 0.000930. The highest BCUT2D eigenvalue weighted by Gasteiger charge is 2.32. The van der Waals surface area contributed by atoms with E-state index in [2.05, 4.69) is 10.1 Å². The average Bonchev–Trinajstić information content (AvgIpc) is 3.21. The minimum Gasteiger partial charge on any atom is -0.334 e. The van der Waals surface area contributed by atoms with E-state index in [-0.39, 0.29) is 16.6 Å². The van der Waals surface area contributed by atoms with Gasteiger partial charge in [0, 0.05) is 29.6 Å². The topological polar surface area (TPSA) is 76.3 Å². The van der Waals surface area contributed by atoms with Gasteiger partial charge >= 0.3 is 0 Å². The first-order valence-corrected chi connectivity index (χ1v) is 11.0. The number of benzene rings is 2. The Labute approximate surface area is 173 Å². The fourth-order valence-electron chi connectivity index (χ4n) is 3.35. The van der Waals surface area contributed by atoms with Crippen molar-refractivity contribution >= 4 is 21.6 Å². The molecule has 4 rings (SSSR count). The molecule has 1 saturated heterocycles. The van der Waals surface area contributed by atoms with Crippen molar-refractivity contribution in [1.82, 2.24) is 14.4 Å². The molecule has 1 aromatic heterocycles. The van der Waals surface area contributed by atoms with E-state index in [0.717, 1.165) is 5.56 Å². The summed E-state index contributed by atoms with van der Waals surface area (Å²) in [7, 11) is -3.60. The average molecular weight is 436 g/mol. The van der Waals surface area contributed by atoms with Gasteiger partial charge in [-0.15, -0.1) is 0 Å². The Morgan fingerprint density at radius 2 is 1.83 bits per heavy atom. The Morgan fingerprint density at radius 1 is 1.14 bits per heavy atom. The third-order valence-electron chi connectivity index (χ3n) is 5.13. The Hall–Kier alpha value is -2.29. The molecule has 1 aliphatic heterocycles. The fourth-order valence-corrected chi connectivity index (χ4v) is 5.09. The fraction of sp³-hybridized carbons (Fsp3) is 0.300. The van der Waals surface area contributed by atoms with Gasteiger partial charge in [-0.1, -0.05) is 22.8 Å². The molecule has 6 nitrogen and oxygen atoms in total. The number of piperidine rings is 1. The number of sulfonamides is 1. The van der Waals surface area contributed by atoms with Crippen molar-refractivity contribution < 1.29 is 17.3 Å². The lowest BCUT2D eigenvalue weighted by atomic mass is 9.97. The first-order chi connectivity index (χ1) is 13.8. The maximum atomic E-state index is 13.1. The molecule has 0 saturated carbocycles. The van der Waals surface area contributed by atoms with Crippen LogP contribution in [0.4, 0.5) is 4.39 Å². The predicted molar refractivity (Wildman–Crippen MR) is 107 cm³/mol. The lowest BCUT2D eigenvalue weighted by molar-refractivity contribution is 0.307. The monoisotopic (exact) mass is 435 g/mol. The Kier molecular flexibility index (Phi) is 5.42. The van der Waals surface area contributed by atoms with Crippen LogP contribution in [0.25, 0.3) is 11.5 Å². The summed E-state index contributed by atoms with van der Waals surface area (Å²) in [5.74, 6) is 0.530. The molecule has 0 bridgehead atoms. The van der Waals surface area contributed by atoms with Crippen LogP contribution in [0.5, 0.6) is 0 Å². The van der Waals surface area contributed by atoms with Gasteiger partial charge in [-0.25, -0.2) is 12.8 Å². The van der Waals surface area contributed by atoms with E-state index in [4.69, 9.17) is 16.1 Å². The number of rotatable bonds is 4. The van der Waals surface area contributed by atoms with Crippen LogP contribution >= 0.6 is 11.6 Å². The molecule has 3 aromatic rings. The molecule has 2 heterocycles. The van der Waals surface area contributed by atoms with Crippen molar-refractivity contribution in [3.05, 3.63) is 64.7 Å². The SMILES string of the molecule is Cc1ccc(S(=O)(=O)N2CCC(c3noc(-c4ccc(F)cc4)n3)CC2)cc1Cl. The quantitative estimate of drug-likeness (QED) is 0.606. The number of nitrogens with zero attached hydrogens (tertiary/aromatic N) is 3. The molecule has 2 aromatic carbocycles. The normalized spacial score (nSPS) is 16.2. The van der Waals surface area contributed by atoms with E-state index in [1.165, 1.54) is 22.5 Å². The van der Waals surface area contributed by atoms with Gasteiger partial charge in [0.05, 0.1) is 4.90 Å². The Bertz CT molecular complexity index is 1120. The first-order valence-electron chi connectivity index (χ1n) is 9.20. The van der Waals surface area contributed by atoms with Gasteiger partial charge in [0.1, 0.15) is 5.82 Å². The molecular formula is C20H19ClFN3O3S. The van der Waals surface area contributed by atoms with Gasteiger partial charge in [-0.3, -0.25) is 0 Å². The van der Waals surface area contributed by atoms with Crippen LogP contribution in [-0.2, 0) is 10.0 Å². The van der Waals surface area contributed by atoms with Gasteiger partial charge < -0.3 is 4.52 Å². The van der Waals surface area contributed by atoms with E-state index in [0.29, 0.717) is 48.2 Å².